The summed E-state index contributed by atoms with van der Waals surface area (Å²) in [5, 5.41) is 11.3. The van der Waals surface area contributed by atoms with Gasteiger partial charge in [-0.1, -0.05) is 47.7 Å². The Morgan fingerprint density at radius 2 is 2.00 bits per heavy atom. The molecule has 1 aromatic heterocycles. The molecule has 1 saturated heterocycles. The van der Waals surface area contributed by atoms with Crippen LogP contribution in [0.3, 0.4) is 0 Å². The molecule has 4 rings (SSSR count). The molecule has 1 fully saturated rings. The van der Waals surface area contributed by atoms with Gasteiger partial charge in [0, 0.05) is 25.3 Å². The molecule has 0 bridgehead atoms. The molecule has 3 aromatic rings. The zero-order chi connectivity index (χ0) is 21.5. The second-order valence-electron chi connectivity index (χ2n) is 7.59. The van der Waals surface area contributed by atoms with Crippen molar-refractivity contribution in [3.05, 3.63) is 66.1 Å². The molecule has 1 amide bonds. The average molecular weight is 439 g/mol. The van der Waals surface area contributed by atoms with Crippen molar-refractivity contribution in [3.8, 4) is 5.75 Å². The Morgan fingerprint density at radius 3 is 2.81 bits per heavy atom. The van der Waals surface area contributed by atoms with Gasteiger partial charge in [-0.25, -0.2) is 0 Å². The maximum absolute atomic E-state index is 12.2. The normalized spacial score (nSPS) is 15.8. The quantitative estimate of drug-likeness (QED) is 0.510. The summed E-state index contributed by atoms with van der Waals surface area (Å²) in [6.45, 7) is 4.89. The van der Waals surface area contributed by atoms with E-state index in [2.05, 4.69) is 44.7 Å². The van der Waals surface area contributed by atoms with Gasteiger partial charge in [-0.05, 0) is 43.5 Å². The van der Waals surface area contributed by atoms with E-state index in [1.54, 1.807) is 0 Å². The zero-order valence-corrected chi connectivity index (χ0v) is 18.3. The smallest absolute Gasteiger partial charge is 0.277 e. The fourth-order valence-electron chi connectivity index (χ4n) is 3.44. The fourth-order valence-corrected chi connectivity index (χ4v) is 4.05. The molecule has 0 radical (unpaired) electrons. The number of aryl methyl sites for hydroxylation is 1. The first-order valence-electron chi connectivity index (χ1n) is 10.4. The number of hydrogen-bond donors (Lipinski definition) is 1. The number of hydrogen-bond acceptors (Lipinski definition) is 7. The average Bonchev–Trinajstić information content (AvgIpc) is 3.46. The number of carbonyl (C=O) groups excluding carboxylic acids is 1. The summed E-state index contributed by atoms with van der Waals surface area (Å²) in [4.78, 5) is 14.6. The molecular formula is C23H26N4O3S. The minimum absolute atomic E-state index is 0.0289. The Morgan fingerprint density at radius 1 is 1.19 bits per heavy atom. The van der Waals surface area contributed by atoms with Crippen LogP contribution in [-0.2, 0) is 11.4 Å². The maximum Gasteiger partial charge on any atom is 0.277 e. The van der Waals surface area contributed by atoms with Crippen molar-refractivity contribution >= 4 is 23.4 Å². The molecule has 2 heterocycles. The van der Waals surface area contributed by atoms with Crippen LogP contribution in [0.25, 0.3) is 0 Å². The van der Waals surface area contributed by atoms with E-state index in [1.165, 1.54) is 23.0 Å². The van der Waals surface area contributed by atoms with E-state index in [0.29, 0.717) is 23.6 Å². The number of para-hydroxylation sites is 1. The molecule has 162 valence electrons. The molecule has 1 unspecified atom stereocenters. The molecule has 0 saturated carbocycles. The number of carbonyl (C=O) groups is 1. The first-order valence-corrected chi connectivity index (χ1v) is 11.4. The van der Waals surface area contributed by atoms with Crippen LogP contribution < -0.4 is 15.0 Å². The molecule has 1 N–H and O–H groups in total. The van der Waals surface area contributed by atoms with Crippen molar-refractivity contribution in [2.75, 3.05) is 30.3 Å². The zero-order valence-electron chi connectivity index (χ0n) is 17.5. The molecule has 1 aliphatic heterocycles. The standard InChI is InChI=1S/C23H26N4O3S/c1-17-7-9-20(10-8-17)29-15-22-25-26-23(30-22)31-16-21(28)24-13-18-11-12-27(14-18)19-5-3-2-4-6-19/h2-10,18H,11-16H2,1H3,(H,24,28). The highest BCUT2D eigenvalue weighted by atomic mass is 32.2. The molecule has 0 aliphatic carbocycles. The summed E-state index contributed by atoms with van der Waals surface area (Å²) in [5.74, 6) is 1.81. The van der Waals surface area contributed by atoms with Gasteiger partial charge in [0.1, 0.15) is 5.75 Å². The lowest BCUT2D eigenvalue weighted by molar-refractivity contribution is -0.118. The van der Waals surface area contributed by atoms with Crippen molar-refractivity contribution in [2.45, 2.75) is 25.2 Å². The van der Waals surface area contributed by atoms with Crippen molar-refractivity contribution in [1.82, 2.24) is 15.5 Å². The fraction of sp³-hybridized carbons (Fsp3) is 0.348. The van der Waals surface area contributed by atoms with Gasteiger partial charge in [-0.15, -0.1) is 10.2 Å². The van der Waals surface area contributed by atoms with Crippen LogP contribution >= 0.6 is 11.8 Å². The maximum atomic E-state index is 12.2. The van der Waals surface area contributed by atoms with Gasteiger partial charge in [-0.3, -0.25) is 4.79 Å². The topological polar surface area (TPSA) is 80.5 Å². The van der Waals surface area contributed by atoms with Gasteiger partial charge in [0.25, 0.3) is 11.1 Å². The number of ether oxygens (including phenoxy) is 1. The number of amides is 1. The Hall–Kier alpha value is -3.00. The minimum atomic E-state index is -0.0289. The Kier molecular flexibility index (Phi) is 7.09. The number of nitrogens with zero attached hydrogens (tertiary/aromatic N) is 3. The van der Waals surface area contributed by atoms with Gasteiger partial charge in [0.05, 0.1) is 5.75 Å². The van der Waals surface area contributed by atoms with E-state index in [4.69, 9.17) is 9.15 Å². The van der Waals surface area contributed by atoms with Crippen LogP contribution in [-0.4, -0.2) is 41.5 Å². The van der Waals surface area contributed by atoms with Crippen molar-refractivity contribution in [1.29, 1.82) is 0 Å². The summed E-state index contributed by atoms with van der Waals surface area (Å²) in [7, 11) is 0. The van der Waals surface area contributed by atoms with E-state index >= 15 is 0 Å². The predicted octanol–water partition coefficient (Wildman–Crippen LogP) is 3.69. The van der Waals surface area contributed by atoms with Crippen molar-refractivity contribution in [2.24, 2.45) is 5.92 Å². The van der Waals surface area contributed by atoms with Crippen LogP contribution in [0.4, 0.5) is 5.69 Å². The molecule has 7 nitrogen and oxygen atoms in total. The summed E-state index contributed by atoms with van der Waals surface area (Å²) < 4.78 is 11.2. The van der Waals surface area contributed by atoms with Crippen LogP contribution in [0.5, 0.6) is 5.75 Å². The summed E-state index contributed by atoms with van der Waals surface area (Å²) in [6.07, 6.45) is 1.08. The first kappa shape index (κ1) is 21.2. The third-order valence-corrected chi connectivity index (χ3v) is 5.97. The summed E-state index contributed by atoms with van der Waals surface area (Å²) >= 11 is 1.23. The highest BCUT2D eigenvalue weighted by molar-refractivity contribution is 7.99. The molecule has 1 aliphatic rings. The largest absolute Gasteiger partial charge is 0.484 e. The van der Waals surface area contributed by atoms with Gasteiger partial charge < -0.3 is 19.4 Å². The predicted molar refractivity (Wildman–Crippen MR) is 120 cm³/mol. The van der Waals surface area contributed by atoms with E-state index in [-0.39, 0.29) is 18.3 Å². The van der Waals surface area contributed by atoms with Crippen molar-refractivity contribution in [3.63, 3.8) is 0 Å². The molecule has 0 spiro atoms. The Balaban J connectivity index is 1.15. The second kappa shape index (κ2) is 10.3. The van der Waals surface area contributed by atoms with E-state index in [1.807, 2.05) is 37.3 Å². The molecule has 1 atom stereocenters. The Labute approximate surface area is 186 Å². The van der Waals surface area contributed by atoms with E-state index in [9.17, 15) is 4.79 Å². The van der Waals surface area contributed by atoms with E-state index in [0.717, 1.165) is 25.3 Å². The third kappa shape index (κ3) is 6.24. The summed E-state index contributed by atoms with van der Waals surface area (Å²) in [6, 6.07) is 18.1. The first-order chi connectivity index (χ1) is 15.2. The van der Waals surface area contributed by atoms with Gasteiger partial charge in [0.2, 0.25) is 5.91 Å². The lowest BCUT2D eigenvalue weighted by Crippen LogP contribution is -2.32. The minimum Gasteiger partial charge on any atom is -0.484 e. The number of nitrogens with one attached hydrogen (secondary N) is 1. The van der Waals surface area contributed by atoms with Gasteiger partial charge in [0.15, 0.2) is 6.61 Å². The number of anilines is 1. The number of benzene rings is 2. The molecule has 2 aromatic carbocycles. The van der Waals surface area contributed by atoms with Crippen LogP contribution in [0.2, 0.25) is 0 Å². The number of aromatic nitrogens is 2. The highest BCUT2D eigenvalue weighted by Crippen LogP contribution is 2.23. The van der Waals surface area contributed by atoms with Crippen molar-refractivity contribution < 1.29 is 13.9 Å². The summed E-state index contributed by atoms with van der Waals surface area (Å²) in [5.41, 5.74) is 2.41. The van der Waals surface area contributed by atoms with Crippen LogP contribution in [0, 0.1) is 12.8 Å². The van der Waals surface area contributed by atoms with Gasteiger partial charge in [-0.2, -0.15) is 0 Å². The van der Waals surface area contributed by atoms with Crippen LogP contribution in [0.1, 0.15) is 17.9 Å². The van der Waals surface area contributed by atoms with Gasteiger partial charge >= 0.3 is 0 Å². The lowest BCUT2D eigenvalue weighted by atomic mass is 10.1. The van der Waals surface area contributed by atoms with Crippen LogP contribution in [0.15, 0.2) is 64.2 Å². The SMILES string of the molecule is Cc1ccc(OCc2nnc(SCC(=O)NCC3CCN(c4ccccc4)C3)o2)cc1. The Bertz CT molecular complexity index is 978. The molecule has 8 heteroatoms. The highest BCUT2D eigenvalue weighted by Gasteiger charge is 2.23. The molecule has 31 heavy (non-hydrogen) atoms. The second-order valence-corrected chi connectivity index (χ2v) is 8.52. The molecular weight excluding hydrogens is 412 g/mol. The third-order valence-electron chi connectivity index (χ3n) is 5.15. The monoisotopic (exact) mass is 438 g/mol. The van der Waals surface area contributed by atoms with E-state index < -0.39 is 0 Å². The lowest BCUT2D eigenvalue weighted by Gasteiger charge is -2.18. The number of rotatable bonds is 9. The number of thioether (sulfide) groups is 1.